The summed E-state index contributed by atoms with van der Waals surface area (Å²) in [5.74, 6) is -0.643. The van der Waals surface area contributed by atoms with E-state index in [4.69, 9.17) is 5.73 Å². The van der Waals surface area contributed by atoms with Crippen LogP contribution in [0.3, 0.4) is 0 Å². The molecule has 2 rings (SSSR count). The molecule has 0 fully saturated rings. The number of aryl methyl sites for hydroxylation is 2. The van der Waals surface area contributed by atoms with Gasteiger partial charge in [0.25, 0.3) is 10.0 Å². The molecule has 3 N–H and O–H groups in total. The molecule has 112 valence electrons. The molecule has 0 aliphatic rings. The molecule has 0 atom stereocenters. The number of nitrogen functional groups attached to an aromatic ring is 1. The van der Waals surface area contributed by atoms with Gasteiger partial charge >= 0.3 is 0 Å². The van der Waals surface area contributed by atoms with Crippen molar-refractivity contribution in [2.45, 2.75) is 25.7 Å². The molecule has 0 saturated heterocycles. The highest BCUT2D eigenvalue weighted by molar-refractivity contribution is 7.92. The van der Waals surface area contributed by atoms with Gasteiger partial charge in [-0.15, -0.1) is 0 Å². The Hall–Kier alpha value is -2.08. The van der Waals surface area contributed by atoms with Crippen LogP contribution in [0, 0.1) is 26.6 Å². The van der Waals surface area contributed by atoms with Gasteiger partial charge in [0.2, 0.25) is 0 Å². The summed E-state index contributed by atoms with van der Waals surface area (Å²) >= 11 is 0. The number of halogens is 1. The Morgan fingerprint density at radius 2 is 1.57 bits per heavy atom. The van der Waals surface area contributed by atoms with Crippen LogP contribution in [0.15, 0.2) is 35.2 Å². The van der Waals surface area contributed by atoms with Crippen molar-refractivity contribution in [3.8, 4) is 0 Å². The number of nitrogens with two attached hydrogens (primary N) is 1. The van der Waals surface area contributed by atoms with Gasteiger partial charge in [-0.3, -0.25) is 4.72 Å². The molecule has 21 heavy (non-hydrogen) atoms. The van der Waals surface area contributed by atoms with Crippen LogP contribution in [0.4, 0.5) is 15.8 Å². The van der Waals surface area contributed by atoms with Crippen molar-refractivity contribution in [1.82, 2.24) is 0 Å². The summed E-state index contributed by atoms with van der Waals surface area (Å²) in [6.07, 6.45) is 0. The maximum atomic E-state index is 13.7. The first-order chi connectivity index (χ1) is 9.69. The van der Waals surface area contributed by atoms with E-state index in [9.17, 15) is 12.8 Å². The minimum atomic E-state index is -3.89. The second kappa shape index (κ2) is 5.37. The topological polar surface area (TPSA) is 72.2 Å². The molecular weight excluding hydrogens is 291 g/mol. The summed E-state index contributed by atoms with van der Waals surface area (Å²) < 4.78 is 41.0. The van der Waals surface area contributed by atoms with Gasteiger partial charge < -0.3 is 5.73 Å². The van der Waals surface area contributed by atoms with E-state index in [1.165, 1.54) is 13.0 Å². The Morgan fingerprint density at radius 3 is 2.14 bits per heavy atom. The van der Waals surface area contributed by atoms with Crippen LogP contribution in [0.2, 0.25) is 0 Å². The van der Waals surface area contributed by atoms with E-state index in [-0.39, 0.29) is 16.1 Å². The fraction of sp³-hybridized carbons (Fsp3) is 0.200. The molecule has 0 amide bonds. The fourth-order valence-electron chi connectivity index (χ4n) is 2.20. The molecule has 0 aliphatic carbocycles. The Kier molecular flexibility index (Phi) is 3.91. The number of hydrogen-bond donors (Lipinski definition) is 2. The molecule has 0 aromatic heterocycles. The SMILES string of the molecule is Cc1cc(C)cc(NS(=O)(=O)c2cc(N)cc(F)c2C)c1. The van der Waals surface area contributed by atoms with Crippen LogP contribution in [0.1, 0.15) is 16.7 Å². The van der Waals surface area contributed by atoms with Crippen LogP contribution >= 0.6 is 0 Å². The Labute approximate surface area is 123 Å². The number of anilines is 2. The maximum absolute atomic E-state index is 13.7. The predicted octanol–water partition coefficient (Wildman–Crippen LogP) is 3.13. The lowest BCUT2D eigenvalue weighted by Crippen LogP contribution is -2.15. The third-order valence-electron chi connectivity index (χ3n) is 3.08. The van der Waals surface area contributed by atoms with Gasteiger partial charge in [-0.1, -0.05) is 6.07 Å². The number of nitrogens with one attached hydrogen (secondary N) is 1. The van der Waals surface area contributed by atoms with Gasteiger partial charge in [0.15, 0.2) is 0 Å². The lowest BCUT2D eigenvalue weighted by atomic mass is 10.1. The molecular formula is C15H17FN2O2S. The number of sulfonamides is 1. The van der Waals surface area contributed by atoms with Crippen molar-refractivity contribution in [2.75, 3.05) is 10.5 Å². The summed E-state index contributed by atoms with van der Waals surface area (Å²) in [5, 5.41) is 0. The van der Waals surface area contributed by atoms with Gasteiger partial charge in [0, 0.05) is 16.9 Å². The summed E-state index contributed by atoms with van der Waals surface area (Å²) in [5.41, 5.74) is 7.95. The van der Waals surface area contributed by atoms with Crippen LogP contribution in [0.25, 0.3) is 0 Å². The first-order valence-electron chi connectivity index (χ1n) is 6.36. The first kappa shape index (κ1) is 15.3. The zero-order chi connectivity index (χ0) is 15.8. The van der Waals surface area contributed by atoms with E-state index in [1.54, 1.807) is 12.1 Å². The van der Waals surface area contributed by atoms with Crippen molar-refractivity contribution in [2.24, 2.45) is 0 Å². The highest BCUT2D eigenvalue weighted by atomic mass is 32.2. The second-order valence-electron chi connectivity index (χ2n) is 5.11. The average Bonchev–Trinajstić information content (AvgIpc) is 2.31. The van der Waals surface area contributed by atoms with Crippen molar-refractivity contribution in [3.05, 3.63) is 52.8 Å². The Bertz CT molecular complexity index is 781. The zero-order valence-electron chi connectivity index (χ0n) is 12.1. The van der Waals surface area contributed by atoms with E-state index in [2.05, 4.69) is 4.72 Å². The van der Waals surface area contributed by atoms with Crippen LogP contribution in [-0.4, -0.2) is 8.42 Å². The average molecular weight is 308 g/mol. The van der Waals surface area contributed by atoms with Gasteiger partial charge in [-0.05, 0) is 56.2 Å². The van der Waals surface area contributed by atoms with Gasteiger partial charge in [-0.25, -0.2) is 12.8 Å². The van der Waals surface area contributed by atoms with Crippen LogP contribution in [-0.2, 0) is 10.0 Å². The number of hydrogen-bond acceptors (Lipinski definition) is 3. The van der Waals surface area contributed by atoms with E-state index >= 15 is 0 Å². The second-order valence-corrected chi connectivity index (χ2v) is 6.76. The third-order valence-corrected chi connectivity index (χ3v) is 4.59. The van der Waals surface area contributed by atoms with Gasteiger partial charge in [-0.2, -0.15) is 0 Å². The predicted molar refractivity (Wildman–Crippen MR) is 82.3 cm³/mol. The highest BCUT2D eigenvalue weighted by Crippen LogP contribution is 2.25. The first-order valence-corrected chi connectivity index (χ1v) is 7.84. The van der Waals surface area contributed by atoms with Gasteiger partial charge in [0.1, 0.15) is 5.82 Å². The van der Waals surface area contributed by atoms with E-state index in [0.717, 1.165) is 17.2 Å². The normalized spacial score (nSPS) is 11.4. The Balaban J connectivity index is 2.48. The van der Waals surface area contributed by atoms with E-state index < -0.39 is 15.8 Å². The van der Waals surface area contributed by atoms with Crippen molar-refractivity contribution < 1.29 is 12.8 Å². The van der Waals surface area contributed by atoms with Crippen molar-refractivity contribution in [3.63, 3.8) is 0 Å². The molecule has 0 saturated carbocycles. The fourth-order valence-corrected chi connectivity index (χ4v) is 3.53. The molecule has 0 radical (unpaired) electrons. The molecule has 6 heteroatoms. The lowest BCUT2D eigenvalue weighted by molar-refractivity contribution is 0.591. The van der Waals surface area contributed by atoms with E-state index in [1.807, 2.05) is 19.9 Å². The smallest absolute Gasteiger partial charge is 0.262 e. The monoisotopic (exact) mass is 308 g/mol. The molecule has 0 aliphatic heterocycles. The summed E-state index contributed by atoms with van der Waals surface area (Å²) in [7, 11) is -3.89. The molecule has 4 nitrogen and oxygen atoms in total. The summed E-state index contributed by atoms with van der Waals surface area (Å²) in [6, 6.07) is 7.71. The molecule has 2 aromatic carbocycles. The quantitative estimate of drug-likeness (QED) is 0.856. The summed E-state index contributed by atoms with van der Waals surface area (Å²) in [4.78, 5) is -0.154. The molecule has 0 heterocycles. The minimum Gasteiger partial charge on any atom is -0.399 e. The van der Waals surface area contributed by atoms with Gasteiger partial charge in [0.05, 0.1) is 4.90 Å². The highest BCUT2D eigenvalue weighted by Gasteiger charge is 2.20. The molecule has 2 aromatic rings. The number of rotatable bonds is 3. The zero-order valence-corrected chi connectivity index (χ0v) is 12.9. The Morgan fingerprint density at radius 1 is 1.00 bits per heavy atom. The van der Waals surface area contributed by atoms with Crippen LogP contribution < -0.4 is 10.5 Å². The lowest BCUT2D eigenvalue weighted by Gasteiger charge is -2.13. The minimum absolute atomic E-state index is 0.0427. The van der Waals surface area contributed by atoms with Crippen LogP contribution in [0.5, 0.6) is 0 Å². The number of benzene rings is 2. The molecule has 0 unspecified atom stereocenters. The third kappa shape index (κ3) is 3.33. The maximum Gasteiger partial charge on any atom is 0.262 e. The van der Waals surface area contributed by atoms with E-state index in [0.29, 0.717) is 5.69 Å². The standard InChI is InChI=1S/C15H17FN2O2S/c1-9-4-10(2)6-13(5-9)18-21(19,20)15-8-12(17)7-14(16)11(15)3/h4-8,18H,17H2,1-3H3. The largest absolute Gasteiger partial charge is 0.399 e. The summed E-state index contributed by atoms with van der Waals surface area (Å²) in [6.45, 7) is 5.15. The van der Waals surface area contributed by atoms with Crippen molar-refractivity contribution in [1.29, 1.82) is 0 Å². The molecule has 0 spiro atoms. The molecule has 0 bridgehead atoms. The van der Waals surface area contributed by atoms with Crippen molar-refractivity contribution >= 4 is 21.4 Å².